The molecule has 10 aromatic rings. The highest BCUT2D eigenvalue weighted by Crippen LogP contribution is 2.50. The van der Waals surface area contributed by atoms with Crippen molar-refractivity contribution in [3.05, 3.63) is 200 Å². The summed E-state index contributed by atoms with van der Waals surface area (Å²) in [6.07, 6.45) is 1.84. The van der Waals surface area contributed by atoms with E-state index in [4.69, 9.17) is 9.97 Å². The van der Waals surface area contributed by atoms with Crippen LogP contribution >= 0.6 is 0 Å². The number of aromatic nitrogens is 2. The molecule has 0 radical (unpaired) electrons. The van der Waals surface area contributed by atoms with Gasteiger partial charge in [-0.15, -0.1) is 0 Å². The van der Waals surface area contributed by atoms with Crippen molar-refractivity contribution < 1.29 is 0 Å². The summed E-state index contributed by atoms with van der Waals surface area (Å²) < 4.78 is 0. The minimum Gasteiger partial charge on any atom is -0.279 e. The fourth-order valence-electron chi connectivity index (χ4n) is 7.92. The molecule has 0 atom stereocenters. The van der Waals surface area contributed by atoms with Crippen molar-refractivity contribution in [3.8, 4) is 33.4 Å². The summed E-state index contributed by atoms with van der Waals surface area (Å²) in [5.74, 6) is 1.62. The molecule has 0 saturated carbocycles. The highest BCUT2D eigenvalue weighted by atomic mass is 15.2. The molecule has 0 aliphatic carbocycles. The van der Waals surface area contributed by atoms with Gasteiger partial charge in [-0.05, 0) is 114 Å². The van der Waals surface area contributed by atoms with Gasteiger partial charge in [0.15, 0.2) is 0 Å². The number of rotatable bonds is 6. The molecule has 3 heteroatoms. The molecule has 53 heavy (non-hydrogen) atoms. The number of nitrogens with zero attached hydrogens (tertiary/aromatic N) is 3. The van der Waals surface area contributed by atoms with E-state index < -0.39 is 0 Å². The summed E-state index contributed by atoms with van der Waals surface area (Å²) in [6.45, 7) is 0. The van der Waals surface area contributed by atoms with Gasteiger partial charge < -0.3 is 0 Å². The SMILES string of the molecule is c1ccc(-c2cc(-c3ccccc3)c3c4ccccc4c4cc(N(c5ccccn5)c5ccc6ccccc6n5)ccc4c3c2-c2ccccc2)cc1. The molecule has 0 unspecified atom stereocenters. The van der Waals surface area contributed by atoms with Gasteiger partial charge in [0.1, 0.15) is 11.6 Å². The number of pyridine rings is 2. The standard InChI is InChI=1S/C50H33N3/c1-4-16-34(17-5-1)42-33-43(35-18-6-2-7-19-35)49-40-24-12-11-23-39(40)44-32-38(28-29-41(44)50(49)48(42)37-21-8-3-9-22-37)53(46-26-14-15-31-51-46)47-30-27-36-20-10-13-25-45(36)52-47/h1-33H. The zero-order valence-electron chi connectivity index (χ0n) is 28.9. The van der Waals surface area contributed by atoms with Crippen LogP contribution in [0.4, 0.5) is 17.3 Å². The van der Waals surface area contributed by atoms with Crippen LogP contribution < -0.4 is 4.90 Å². The third-order valence-electron chi connectivity index (χ3n) is 10.3. The average Bonchev–Trinajstić information content (AvgIpc) is 3.24. The van der Waals surface area contributed by atoms with Crippen molar-refractivity contribution in [2.45, 2.75) is 0 Å². The molecule has 3 nitrogen and oxygen atoms in total. The number of hydrogen-bond acceptors (Lipinski definition) is 3. The fraction of sp³-hybridized carbons (Fsp3) is 0. The van der Waals surface area contributed by atoms with Crippen LogP contribution in [-0.2, 0) is 0 Å². The van der Waals surface area contributed by atoms with Crippen LogP contribution in [0.25, 0.3) is 76.6 Å². The van der Waals surface area contributed by atoms with Crippen LogP contribution in [-0.4, -0.2) is 9.97 Å². The van der Waals surface area contributed by atoms with Gasteiger partial charge in [0.25, 0.3) is 0 Å². The van der Waals surface area contributed by atoms with Gasteiger partial charge in [-0.3, -0.25) is 4.90 Å². The van der Waals surface area contributed by atoms with Gasteiger partial charge in [-0.2, -0.15) is 0 Å². The third-order valence-corrected chi connectivity index (χ3v) is 10.3. The van der Waals surface area contributed by atoms with Crippen LogP contribution in [0.15, 0.2) is 200 Å². The van der Waals surface area contributed by atoms with E-state index in [1.165, 1.54) is 65.7 Å². The predicted octanol–water partition coefficient (Wildman–Crippen LogP) is 13.6. The maximum absolute atomic E-state index is 5.15. The van der Waals surface area contributed by atoms with Gasteiger partial charge in [0.2, 0.25) is 0 Å². The van der Waals surface area contributed by atoms with E-state index in [1.54, 1.807) is 0 Å². The lowest BCUT2D eigenvalue weighted by Crippen LogP contribution is -2.13. The summed E-state index contributed by atoms with van der Waals surface area (Å²) in [4.78, 5) is 12.2. The molecule has 0 N–H and O–H groups in total. The Hall–Kier alpha value is -7.10. The normalized spacial score (nSPS) is 11.4. The van der Waals surface area contributed by atoms with Crippen LogP contribution in [0.2, 0.25) is 0 Å². The molecule has 0 bridgehead atoms. The van der Waals surface area contributed by atoms with Gasteiger partial charge >= 0.3 is 0 Å². The largest absolute Gasteiger partial charge is 0.279 e. The van der Waals surface area contributed by atoms with Gasteiger partial charge in [-0.1, -0.05) is 146 Å². The molecule has 0 fully saturated rings. The van der Waals surface area contributed by atoms with Gasteiger partial charge in [-0.25, -0.2) is 9.97 Å². The lowest BCUT2D eigenvalue weighted by molar-refractivity contribution is 1.14. The maximum atomic E-state index is 5.15. The van der Waals surface area contributed by atoms with E-state index in [2.05, 4.69) is 175 Å². The first kappa shape index (κ1) is 30.7. The second-order valence-corrected chi connectivity index (χ2v) is 13.4. The monoisotopic (exact) mass is 675 g/mol. The zero-order valence-corrected chi connectivity index (χ0v) is 28.9. The molecule has 0 amide bonds. The van der Waals surface area contributed by atoms with Crippen molar-refractivity contribution >= 4 is 60.5 Å². The highest BCUT2D eigenvalue weighted by Gasteiger charge is 2.23. The van der Waals surface area contributed by atoms with Crippen molar-refractivity contribution in [2.75, 3.05) is 4.90 Å². The van der Waals surface area contributed by atoms with Crippen molar-refractivity contribution in [2.24, 2.45) is 0 Å². The molecule has 10 rings (SSSR count). The summed E-state index contributed by atoms with van der Waals surface area (Å²) in [6, 6.07) is 69.2. The summed E-state index contributed by atoms with van der Waals surface area (Å²) >= 11 is 0. The van der Waals surface area contributed by atoms with Crippen LogP contribution in [0.3, 0.4) is 0 Å². The van der Waals surface area contributed by atoms with Crippen molar-refractivity contribution in [1.82, 2.24) is 9.97 Å². The smallest absolute Gasteiger partial charge is 0.139 e. The Balaban J connectivity index is 1.35. The first-order valence-electron chi connectivity index (χ1n) is 18.0. The van der Waals surface area contributed by atoms with Crippen molar-refractivity contribution in [1.29, 1.82) is 0 Å². The Morgan fingerprint density at radius 2 is 1.00 bits per heavy atom. The van der Waals surface area contributed by atoms with Crippen LogP contribution in [0, 0.1) is 0 Å². The second kappa shape index (κ2) is 12.9. The molecule has 0 spiro atoms. The molecule has 2 aromatic heterocycles. The lowest BCUT2D eigenvalue weighted by Gasteiger charge is -2.25. The van der Waals surface area contributed by atoms with E-state index in [0.29, 0.717) is 0 Å². The Morgan fingerprint density at radius 3 is 1.74 bits per heavy atom. The first-order chi connectivity index (χ1) is 26.3. The van der Waals surface area contributed by atoms with Gasteiger partial charge in [0, 0.05) is 17.3 Å². The van der Waals surface area contributed by atoms with Crippen LogP contribution in [0.5, 0.6) is 0 Å². The number of hydrogen-bond donors (Lipinski definition) is 0. The second-order valence-electron chi connectivity index (χ2n) is 13.4. The summed E-state index contributed by atoms with van der Waals surface area (Å²) in [5.41, 5.74) is 9.16. The maximum Gasteiger partial charge on any atom is 0.139 e. The predicted molar refractivity (Wildman–Crippen MR) is 223 cm³/mol. The molecular formula is C50H33N3. The molecule has 248 valence electrons. The minimum absolute atomic E-state index is 0.808. The molecule has 0 saturated heterocycles. The topological polar surface area (TPSA) is 29.0 Å². The zero-order chi connectivity index (χ0) is 35.1. The molecule has 0 aliphatic rings. The van der Waals surface area contributed by atoms with E-state index in [1.807, 2.05) is 30.5 Å². The first-order valence-corrected chi connectivity index (χ1v) is 18.0. The molecule has 2 heterocycles. The van der Waals surface area contributed by atoms with E-state index >= 15 is 0 Å². The van der Waals surface area contributed by atoms with E-state index in [0.717, 1.165) is 28.2 Å². The molecular weight excluding hydrogens is 643 g/mol. The number of para-hydroxylation sites is 1. The lowest BCUT2D eigenvalue weighted by atomic mass is 9.81. The molecule has 0 aliphatic heterocycles. The third kappa shape index (κ3) is 5.30. The molecule has 8 aromatic carbocycles. The van der Waals surface area contributed by atoms with Crippen molar-refractivity contribution in [3.63, 3.8) is 0 Å². The number of benzene rings is 8. The Kier molecular flexibility index (Phi) is 7.47. The van der Waals surface area contributed by atoms with Crippen LogP contribution in [0.1, 0.15) is 0 Å². The van der Waals surface area contributed by atoms with Gasteiger partial charge in [0.05, 0.1) is 5.52 Å². The Labute approximate surface area is 308 Å². The quantitative estimate of drug-likeness (QED) is 0.164. The average molecular weight is 676 g/mol. The summed E-state index contributed by atoms with van der Waals surface area (Å²) in [5, 5.41) is 8.39. The van der Waals surface area contributed by atoms with E-state index in [9.17, 15) is 0 Å². The minimum atomic E-state index is 0.808. The fourth-order valence-corrected chi connectivity index (χ4v) is 7.92. The Morgan fingerprint density at radius 1 is 0.377 bits per heavy atom. The number of anilines is 3. The van der Waals surface area contributed by atoms with E-state index in [-0.39, 0.29) is 0 Å². The number of fused-ring (bicyclic) bond motifs is 7. The highest BCUT2D eigenvalue weighted by molar-refractivity contribution is 6.33. The Bertz CT molecular complexity index is 2920. The summed E-state index contributed by atoms with van der Waals surface area (Å²) in [7, 11) is 0.